The molecule has 0 radical (unpaired) electrons. The number of carbonyl (C=O) groups is 1. The van der Waals surface area contributed by atoms with Gasteiger partial charge in [-0.05, 0) is 19.9 Å². The minimum Gasteiger partial charge on any atom is -0.364 e. The first-order chi connectivity index (χ1) is 7.50. The number of hydrogen-bond donors (Lipinski definition) is 2. The van der Waals surface area contributed by atoms with Crippen LogP contribution in [0, 0.1) is 13.8 Å². The molecule has 0 atom stereocenters. The van der Waals surface area contributed by atoms with E-state index in [1.165, 1.54) is 0 Å². The first kappa shape index (κ1) is 10.4. The van der Waals surface area contributed by atoms with Gasteiger partial charge in [0.1, 0.15) is 5.69 Å². The maximum Gasteiger partial charge on any atom is 0.266 e. The molecule has 16 heavy (non-hydrogen) atoms. The number of aromatic nitrogens is 4. The Hall–Kier alpha value is -2.11. The number of rotatable bonds is 2. The van der Waals surface area contributed by atoms with Crippen LogP contribution in [-0.2, 0) is 7.05 Å². The Morgan fingerprint density at radius 3 is 2.62 bits per heavy atom. The number of nitrogens with one attached hydrogen (secondary N) is 1. The molecule has 0 unspecified atom stereocenters. The van der Waals surface area contributed by atoms with Gasteiger partial charge in [-0.2, -0.15) is 10.2 Å². The van der Waals surface area contributed by atoms with Crippen LogP contribution in [0.4, 0.5) is 0 Å². The molecule has 0 saturated carbocycles. The molecule has 2 heterocycles. The Morgan fingerprint density at radius 1 is 1.50 bits per heavy atom. The maximum absolute atomic E-state index is 11.0. The van der Waals surface area contributed by atoms with Crippen molar-refractivity contribution in [3.8, 4) is 11.3 Å². The molecular formula is C10H13N5O. The van der Waals surface area contributed by atoms with Crippen molar-refractivity contribution in [1.29, 1.82) is 0 Å². The number of aromatic amines is 1. The SMILES string of the molecule is Cc1nn(C)c(C)c1-c1cc(C(N)=O)[nH]n1. The largest absolute Gasteiger partial charge is 0.364 e. The monoisotopic (exact) mass is 219 g/mol. The molecular weight excluding hydrogens is 206 g/mol. The number of H-pyrrole nitrogens is 1. The van der Waals surface area contributed by atoms with Gasteiger partial charge in [0, 0.05) is 18.3 Å². The molecule has 2 rings (SSSR count). The van der Waals surface area contributed by atoms with E-state index in [4.69, 9.17) is 5.73 Å². The van der Waals surface area contributed by atoms with Crippen molar-refractivity contribution < 1.29 is 4.79 Å². The second kappa shape index (κ2) is 3.48. The van der Waals surface area contributed by atoms with Crippen molar-refractivity contribution in [1.82, 2.24) is 20.0 Å². The molecule has 1 amide bonds. The van der Waals surface area contributed by atoms with E-state index in [9.17, 15) is 4.79 Å². The highest BCUT2D eigenvalue weighted by Gasteiger charge is 2.15. The first-order valence-corrected chi connectivity index (χ1v) is 4.86. The molecule has 0 saturated heterocycles. The summed E-state index contributed by atoms with van der Waals surface area (Å²) in [6.07, 6.45) is 0. The van der Waals surface area contributed by atoms with Gasteiger partial charge in [0.05, 0.1) is 11.4 Å². The zero-order valence-corrected chi connectivity index (χ0v) is 9.40. The topological polar surface area (TPSA) is 89.6 Å². The van der Waals surface area contributed by atoms with Crippen molar-refractivity contribution in [2.45, 2.75) is 13.8 Å². The molecule has 0 aromatic carbocycles. The second-order valence-corrected chi connectivity index (χ2v) is 3.70. The summed E-state index contributed by atoms with van der Waals surface area (Å²) in [7, 11) is 1.87. The van der Waals surface area contributed by atoms with Crippen LogP contribution >= 0.6 is 0 Å². The van der Waals surface area contributed by atoms with Gasteiger partial charge >= 0.3 is 0 Å². The van der Waals surface area contributed by atoms with Crippen LogP contribution in [0.3, 0.4) is 0 Å². The summed E-state index contributed by atoms with van der Waals surface area (Å²) in [6, 6.07) is 1.64. The number of nitrogens with two attached hydrogens (primary N) is 1. The van der Waals surface area contributed by atoms with E-state index in [0.29, 0.717) is 11.4 Å². The van der Waals surface area contributed by atoms with E-state index in [1.54, 1.807) is 10.7 Å². The number of nitrogens with zero attached hydrogens (tertiary/aromatic N) is 3. The molecule has 6 nitrogen and oxygen atoms in total. The van der Waals surface area contributed by atoms with Gasteiger partial charge in [0.25, 0.3) is 5.91 Å². The molecule has 0 fully saturated rings. The first-order valence-electron chi connectivity index (χ1n) is 4.86. The van der Waals surface area contributed by atoms with Gasteiger partial charge in [-0.15, -0.1) is 0 Å². The Balaban J connectivity index is 2.54. The molecule has 3 N–H and O–H groups in total. The van der Waals surface area contributed by atoms with Crippen LogP contribution in [0.5, 0.6) is 0 Å². The summed E-state index contributed by atoms with van der Waals surface area (Å²) in [4.78, 5) is 11.0. The average molecular weight is 219 g/mol. The molecule has 0 aliphatic heterocycles. The predicted molar refractivity (Wildman–Crippen MR) is 58.8 cm³/mol. The highest BCUT2D eigenvalue weighted by Crippen LogP contribution is 2.24. The lowest BCUT2D eigenvalue weighted by Crippen LogP contribution is -2.10. The average Bonchev–Trinajstić information content (AvgIpc) is 2.74. The molecule has 2 aromatic heterocycles. The van der Waals surface area contributed by atoms with Crippen LogP contribution in [0.15, 0.2) is 6.07 Å². The summed E-state index contributed by atoms with van der Waals surface area (Å²) in [5.41, 5.74) is 8.96. The smallest absolute Gasteiger partial charge is 0.266 e. The molecule has 0 aliphatic rings. The fourth-order valence-corrected chi connectivity index (χ4v) is 1.72. The van der Waals surface area contributed by atoms with E-state index in [-0.39, 0.29) is 0 Å². The number of hydrogen-bond acceptors (Lipinski definition) is 3. The molecule has 6 heteroatoms. The fraction of sp³-hybridized carbons (Fsp3) is 0.300. The summed E-state index contributed by atoms with van der Waals surface area (Å²) in [5, 5.41) is 11.0. The lowest BCUT2D eigenvalue weighted by Gasteiger charge is -1.96. The standard InChI is InChI=1S/C10H13N5O/c1-5-9(6(2)15(3)14-5)7-4-8(10(11)16)13-12-7/h4H,1-3H3,(H2,11,16)(H,12,13). The Kier molecular flexibility index (Phi) is 2.26. The van der Waals surface area contributed by atoms with Crippen molar-refractivity contribution in [2.75, 3.05) is 0 Å². The van der Waals surface area contributed by atoms with Gasteiger partial charge in [-0.3, -0.25) is 14.6 Å². The fourth-order valence-electron chi connectivity index (χ4n) is 1.72. The van der Waals surface area contributed by atoms with E-state index >= 15 is 0 Å². The molecule has 0 bridgehead atoms. The normalized spacial score (nSPS) is 10.7. The third-order valence-corrected chi connectivity index (χ3v) is 2.61. The molecule has 0 spiro atoms. The van der Waals surface area contributed by atoms with Crippen LogP contribution in [0.25, 0.3) is 11.3 Å². The van der Waals surface area contributed by atoms with Crippen LogP contribution in [0.2, 0.25) is 0 Å². The van der Waals surface area contributed by atoms with E-state index in [0.717, 1.165) is 17.0 Å². The lowest BCUT2D eigenvalue weighted by molar-refractivity contribution is 0.0995. The Bertz CT molecular complexity index is 552. The third kappa shape index (κ3) is 1.48. The zero-order valence-electron chi connectivity index (χ0n) is 9.40. The highest BCUT2D eigenvalue weighted by atomic mass is 16.1. The van der Waals surface area contributed by atoms with Crippen molar-refractivity contribution in [3.05, 3.63) is 23.1 Å². The Labute approximate surface area is 92.5 Å². The maximum atomic E-state index is 11.0. The summed E-state index contributed by atoms with van der Waals surface area (Å²) in [5.74, 6) is -0.516. The summed E-state index contributed by atoms with van der Waals surface area (Å²) >= 11 is 0. The summed E-state index contributed by atoms with van der Waals surface area (Å²) in [6.45, 7) is 3.86. The minimum atomic E-state index is -0.516. The van der Waals surface area contributed by atoms with Crippen molar-refractivity contribution in [2.24, 2.45) is 12.8 Å². The van der Waals surface area contributed by atoms with Crippen LogP contribution in [-0.4, -0.2) is 25.9 Å². The third-order valence-electron chi connectivity index (χ3n) is 2.61. The van der Waals surface area contributed by atoms with Crippen LogP contribution in [0.1, 0.15) is 21.9 Å². The van der Waals surface area contributed by atoms with E-state index < -0.39 is 5.91 Å². The number of carbonyl (C=O) groups excluding carboxylic acids is 1. The molecule has 0 aliphatic carbocycles. The lowest BCUT2D eigenvalue weighted by atomic mass is 10.1. The zero-order chi connectivity index (χ0) is 11.9. The summed E-state index contributed by atoms with van der Waals surface area (Å²) < 4.78 is 1.78. The number of aryl methyl sites for hydroxylation is 2. The van der Waals surface area contributed by atoms with Gasteiger partial charge in [0.15, 0.2) is 0 Å². The van der Waals surface area contributed by atoms with E-state index in [1.807, 2.05) is 20.9 Å². The van der Waals surface area contributed by atoms with Crippen molar-refractivity contribution in [3.63, 3.8) is 0 Å². The Morgan fingerprint density at radius 2 is 2.19 bits per heavy atom. The molecule has 84 valence electrons. The van der Waals surface area contributed by atoms with Gasteiger partial charge < -0.3 is 5.73 Å². The molecule has 2 aromatic rings. The quantitative estimate of drug-likeness (QED) is 0.771. The van der Waals surface area contributed by atoms with E-state index in [2.05, 4.69) is 15.3 Å². The number of amides is 1. The minimum absolute atomic E-state index is 0.303. The van der Waals surface area contributed by atoms with Crippen LogP contribution < -0.4 is 5.73 Å². The number of primary amides is 1. The van der Waals surface area contributed by atoms with Gasteiger partial charge in [-0.1, -0.05) is 0 Å². The predicted octanol–water partition coefficient (Wildman–Crippen LogP) is 0.526. The van der Waals surface area contributed by atoms with Gasteiger partial charge in [0.2, 0.25) is 0 Å². The second-order valence-electron chi connectivity index (χ2n) is 3.70. The highest BCUT2D eigenvalue weighted by molar-refractivity contribution is 5.92. The van der Waals surface area contributed by atoms with Crippen molar-refractivity contribution >= 4 is 5.91 Å². The van der Waals surface area contributed by atoms with Gasteiger partial charge in [-0.25, -0.2) is 0 Å².